The molecule has 0 saturated heterocycles. The zero-order valence-electron chi connectivity index (χ0n) is 10.2. The molecule has 0 unspecified atom stereocenters. The van der Waals surface area contributed by atoms with Crippen LogP contribution in [0.5, 0.6) is 0 Å². The molecule has 0 aliphatic rings. The van der Waals surface area contributed by atoms with Crippen LogP contribution in [0.2, 0.25) is 10.0 Å². The molecule has 0 atom stereocenters. The quantitative estimate of drug-likeness (QED) is 0.911. The third-order valence-electron chi connectivity index (χ3n) is 2.48. The average molecular weight is 299 g/mol. The van der Waals surface area contributed by atoms with Gasteiger partial charge in [-0.25, -0.2) is 0 Å². The Morgan fingerprint density at radius 1 is 1.42 bits per heavy atom. The molecule has 0 radical (unpaired) electrons. The van der Waals surface area contributed by atoms with Crippen LogP contribution in [0.25, 0.3) is 0 Å². The first kappa shape index (κ1) is 13.8. The summed E-state index contributed by atoms with van der Waals surface area (Å²) in [7, 11) is 0. The van der Waals surface area contributed by atoms with Gasteiger partial charge in [-0.1, -0.05) is 29.3 Å². The van der Waals surface area contributed by atoms with Gasteiger partial charge in [-0.05, 0) is 31.0 Å². The third-order valence-corrected chi connectivity index (χ3v) is 3.07. The van der Waals surface area contributed by atoms with Gasteiger partial charge in [0.1, 0.15) is 5.82 Å². The minimum absolute atomic E-state index is 0.162. The SMILES string of the molecule is Cc1nc(NC(=O)CCc2ccc(Cl)cc2Cl)n[nH]1. The van der Waals surface area contributed by atoms with E-state index in [0.717, 1.165) is 5.56 Å². The fourth-order valence-electron chi connectivity index (χ4n) is 1.56. The molecule has 0 spiro atoms. The number of benzene rings is 1. The number of rotatable bonds is 4. The summed E-state index contributed by atoms with van der Waals surface area (Å²) in [4.78, 5) is 15.7. The second-order valence-corrected chi connectivity index (χ2v) is 4.87. The molecule has 1 heterocycles. The van der Waals surface area contributed by atoms with E-state index < -0.39 is 0 Å². The molecule has 100 valence electrons. The second kappa shape index (κ2) is 6.04. The first-order valence-corrected chi connectivity index (χ1v) is 6.43. The number of nitrogens with zero attached hydrogens (tertiary/aromatic N) is 2. The van der Waals surface area contributed by atoms with Gasteiger partial charge < -0.3 is 0 Å². The molecule has 2 N–H and O–H groups in total. The summed E-state index contributed by atoms with van der Waals surface area (Å²) in [6.07, 6.45) is 0.834. The minimum Gasteiger partial charge on any atom is -0.293 e. The molecule has 2 aromatic rings. The van der Waals surface area contributed by atoms with Crippen LogP contribution in [-0.2, 0) is 11.2 Å². The van der Waals surface area contributed by atoms with E-state index in [1.807, 2.05) is 6.07 Å². The van der Waals surface area contributed by atoms with Crippen molar-refractivity contribution in [3.63, 3.8) is 0 Å². The Labute approximate surface area is 120 Å². The fraction of sp³-hybridized carbons (Fsp3) is 0.250. The van der Waals surface area contributed by atoms with Crippen molar-refractivity contribution in [3.8, 4) is 0 Å². The number of aromatic amines is 1. The van der Waals surface area contributed by atoms with E-state index in [1.165, 1.54) is 0 Å². The molecular formula is C12H12Cl2N4O. The number of H-pyrrole nitrogens is 1. The maximum absolute atomic E-state index is 11.7. The normalized spacial score (nSPS) is 10.5. The lowest BCUT2D eigenvalue weighted by molar-refractivity contribution is -0.116. The van der Waals surface area contributed by atoms with E-state index in [0.29, 0.717) is 28.7 Å². The Bertz CT molecular complexity index is 597. The molecular weight excluding hydrogens is 287 g/mol. The monoisotopic (exact) mass is 298 g/mol. The van der Waals surface area contributed by atoms with E-state index in [-0.39, 0.29) is 11.9 Å². The molecule has 1 amide bonds. The van der Waals surface area contributed by atoms with Crippen LogP contribution in [0, 0.1) is 6.92 Å². The number of hydrogen-bond acceptors (Lipinski definition) is 3. The van der Waals surface area contributed by atoms with Crippen molar-refractivity contribution in [2.45, 2.75) is 19.8 Å². The number of aromatic nitrogens is 3. The predicted molar refractivity (Wildman–Crippen MR) is 74.5 cm³/mol. The maximum Gasteiger partial charge on any atom is 0.248 e. The summed E-state index contributed by atoms with van der Waals surface area (Å²) >= 11 is 11.8. The Morgan fingerprint density at radius 3 is 2.84 bits per heavy atom. The standard InChI is InChI=1S/C12H12Cl2N4O/c1-7-15-12(18-17-7)16-11(19)5-3-8-2-4-9(13)6-10(8)14/h2,4,6H,3,5H2,1H3,(H2,15,16,17,18,19). The molecule has 5 nitrogen and oxygen atoms in total. The highest BCUT2D eigenvalue weighted by atomic mass is 35.5. The number of halogens is 2. The van der Waals surface area contributed by atoms with Gasteiger partial charge in [0.25, 0.3) is 0 Å². The highest BCUT2D eigenvalue weighted by Gasteiger charge is 2.08. The smallest absolute Gasteiger partial charge is 0.248 e. The number of anilines is 1. The number of aryl methyl sites for hydroxylation is 2. The van der Waals surface area contributed by atoms with Crippen LogP contribution < -0.4 is 5.32 Å². The zero-order chi connectivity index (χ0) is 13.8. The van der Waals surface area contributed by atoms with Crippen LogP contribution in [0.15, 0.2) is 18.2 Å². The van der Waals surface area contributed by atoms with Crippen molar-refractivity contribution in [1.29, 1.82) is 0 Å². The molecule has 0 aliphatic carbocycles. The molecule has 0 aliphatic heterocycles. The Morgan fingerprint density at radius 2 is 2.21 bits per heavy atom. The molecule has 1 aromatic heterocycles. The summed E-state index contributed by atoms with van der Waals surface area (Å²) < 4.78 is 0. The van der Waals surface area contributed by atoms with Crippen LogP contribution >= 0.6 is 23.2 Å². The topological polar surface area (TPSA) is 70.7 Å². The van der Waals surface area contributed by atoms with E-state index >= 15 is 0 Å². The summed E-state index contributed by atoms with van der Waals surface area (Å²) in [5, 5.41) is 10.2. The number of nitrogens with one attached hydrogen (secondary N) is 2. The maximum atomic E-state index is 11.7. The Balaban J connectivity index is 1.89. The first-order valence-electron chi connectivity index (χ1n) is 5.67. The number of amides is 1. The number of hydrogen-bond donors (Lipinski definition) is 2. The summed E-state index contributed by atoms with van der Waals surface area (Å²) in [6, 6.07) is 5.23. The van der Waals surface area contributed by atoms with Gasteiger partial charge >= 0.3 is 0 Å². The average Bonchev–Trinajstić information content (AvgIpc) is 2.73. The van der Waals surface area contributed by atoms with Gasteiger partial charge in [0.15, 0.2) is 0 Å². The van der Waals surface area contributed by atoms with Crippen molar-refractivity contribution in [2.75, 3.05) is 5.32 Å². The molecule has 2 rings (SSSR count). The van der Waals surface area contributed by atoms with Crippen molar-refractivity contribution in [3.05, 3.63) is 39.6 Å². The summed E-state index contributed by atoms with van der Waals surface area (Å²) in [5.41, 5.74) is 0.882. The Kier molecular flexibility index (Phi) is 4.39. The van der Waals surface area contributed by atoms with E-state index in [2.05, 4.69) is 20.5 Å². The molecule has 0 bridgehead atoms. The highest BCUT2D eigenvalue weighted by Crippen LogP contribution is 2.22. The third kappa shape index (κ3) is 3.94. The van der Waals surface area contributed by atoms with Gasteiger partial charge in [-0.15, -0.1) is 5.10 Å². The summed E-state index contributed by atoms with van der Waals surface area (Å²) in [5.74, 6) is 0.769. The van der Waals surface area contributed by atoms with Crippen molar-refractivity contribution < 1.29 is 4.79 Å². The van der Waals surface area contributed by atoms with Crippen LogP contribution in [0.3, 0.4) is 0 Å². The van der Waals surface area contributed by atoms with Crippen LogP contribution in [0.1, 0.15) is 17.8 Å². The van der Waals surface area contributed by atoms with E-state index in [9.17, 15) is 4.79 Å². The summed E-state index contributed by atoms with van der Waals surface area (Å²) in [6.45, 7) is 1.76. The lowest BCUT2D eigenvalue weighted by Gasteiger charge is -2.04. The first-order chi connectivity index (χ1) is 9.04. The van der Waals surface area contributed by atoms with Gasteiger partial charge in [0, 0.05) is 16.5 Å². The largest absolute Gasteiger partial charge is 0.293 e. The Hall–Kier alpha value is -1.59. The van der Waals surface area contributed by atoms with Gasteiger partial charge in [0.05, 0.1) is 0 Å². The highest BCUT2D eigenvalue weighted by molar-refractivity contribution is 6.35. The van der Waals surface area contributed by atoms with Crippen LogP contribution in [-0.4, -0.2) is 21.1 Å². The molecule has 19 heavy (non-hydrogen) atoms. The number of carbonyl (C=O) groups excluding carboxylic acids is 1. The molecule has 7 heteroatoms. The van der Waals surface area contributed by atoms with E-state index in [1.54, 1.807) is 19.1 Å². The van der Waals surface area contributed by atoms with Crippen molar-refractivity contribution >= 4 is 35.1 Å². The predicted octanol–water partition coefficient (Wildman–Crippen LogP) is 2.99. The van der Waals surface area contributed by atoms with E-state index in [4.69, 9.17) is 23.2 Å². The van der Waals surface area contributed by atoms with Gasteiger partial charge in [0.2, 0.25) is 11.9 Å². The minimum atomic E-state index is -0.162. The molecule has 0 fully saturated rings. The van der Waals surface area contributed by atoms with Crippen LogP contribution in [0.4, 0.5) is 5.95 Å². The second-order valence-electron chi connectivity index (χ2n) is 4.03. The zero-order valence-corrected chi connectivity index (χ0v) is 11.7. The fourth-order valence-corrected chi connectivity index (χ4v) is 2.06. The molecule has 1 aromatic carbocycles. The lowest BCUT2D eigenvalue weighted by atomic mass is 10.1. The van der Waals surface area contributed by atoms with Gasteiger partial charge in [-0.2, -0.15) is 4.98 Å². The number of carbonyl (C=O) groups is 1. The van der Waals surface area contributed by atoms with Gasteiger partial charge in [-0.3, -0.25) is 15.2 Å². The lowest BCUT2D eigenvalue weighted by Crippen LogP contribution is -2.13. The molecule has 0 saturated carbocycles. The van der Waals surface area contributed by atoms with Crippen molar-refractivity contribution in [1.82, 2.24) is 15.2 Å². The van der Waals surface area contributed by atoms with Crippen molar-refractivity contribution in [2.24, 2.45) is 0 Å².